The zero-order chi connectivity index (χ0) is 31.1. The lowest BCUT2D eigenvalue weighted by molar-refractivity contribution is -0.132. The van der Waals surface area contributed by atoms with Crippen LogP contribution in [-0.4, -0.2) is 34.5 Å². The molecule has 4 aromatic carbocycles. The maximum absolute atomic E-state index is 13.8. The normalized spacial score (nSPS) is 18.7. The van der Waals surface area contributed by atoms with Gasteiger partial charge in [-0.15, -0.1) is 0 Å². The third kappa shape index (κ3) is 5.40. The molecule has 2 atom stereocenters. The van der Waals surface area contributed by atoms with Gasteiger partial charge in [0.2, 0.25) is 0 Å². The third-order valence-corrected chi connectivity index (χ3v) is 8.94. The minimum absolute atomic E-state index is 0.000806. The number of amides is 1. The second-order valence-electron chi connectivity index (χ2n) is 11.0. The lowest BCUT2D eigenvalue weighted by atomic mass is 9.94. The van der Waals surface area contributed by atoms with Gasteiger partial charge in [0.05, 0.1) is 28.4 Å². The maximum atomic E-state index is 13.8. The summed E-state index contributed by atoms with van der Waals surface area (Å²) in [4.78, 5) is 33.6. The molecule has 0 unspecified atom stereocenters. The number of aromatic nitrogens is 1. The van der Waals surface area contributed by atoms with Crippen LogP contribution in [0.15, 0.2) is 96.6 Å². The van der Waals surface area contributed by atoms with Gasteiger partial charge >= 0.3 is 5.91 Å². The highest BCUT2D eigenvalue weighted by molar-refractivity contribution is 7.22. The van der Waals surface area contributed by atoms with E-state index in [2.05, 4.69) is 0 Å². The van der Waals surface area contributed by atoms with Gasteiger partial charge in [0.15, 0.2) is 5.13 Å². The van der Waals surface area contributed by atoms with E-state index in [1.807, 2.05) is 80.6 Å². The number of nitrogens with zero attached hydrogens (tertiary/aromatic N) is 2. The molecule has 226 valence electrons. The number of thiazole rings is 1. The van der Waals surface area contributed by atoms with Crippen LogP contribution >= 0.6 is 11.3 Å². The highest BCUT2D eigenvalue weighted by Crippen LogP contribution is 2.45. The molecule has 8 nitrogen and oxygen atoms in total. The first-order valence-corrected chi connectivity index (χ1v) is 15.6. The first-order valence-electron chi connectivity index (χ1n) is 14.8. The van der Waals surface area contributed by atoms with E-state index >= 15 is 0 Å². The summed E-state index contributed by atoms with van der Waals surface area (Å²) in [6.45, 7) is 4.81. The molecule has 0 spiro atoms. The number of rotatable bonds is 8. The van der Waals surface area contributed by atoms with Crippen molar-refractivity contribution < 1.29 is 28.9 Å². The van der Waals surface area contributed by atoms with E-state index < -0.39 is 17.7 Å². The van der Waals surface area contributed by atoms with Crippen molar-refractivity contribution in [2.75, 3.05) is 11.5 Å². The predicted octanol–water partition coefficient (Wildman–Crippen LogP) is 7.22. The number of carbonyl (C=O) groups is 2. The van der Waals surface area contributed by atoms with E-state index in [0.29, 0.717) is 52.9 Å². The Morgan fingerprint density at radius 3 is 2.53 bits per heavy atom. The van der Waals surface area contributed by atoms with Crippen LogP contribution in [0.25, 0.3) is 16.0 Å². The Hall–Kier alpha value is -5.15. The molecule has 1 N–H and O–H groups in total. The van der Waals surface area contributed by atoms with Crippen molar-refractivity contribution in [3.63, 3.8) is 0 Å². The van der Waals surface area contributed by atoms with Gasteiger partial charge in [-0.25, -0.2) is 4.98 Å². The van der Waals surface area contributed by atoms with E-state index in [1.165, 1.54) is 16.2 Å². The first-order chi connectivity index (χ1) is 21.9. The standard InChI is InChI=1S/C36H30N2O6S/c1-3-42-27-14-15-28-30(19-27)45-36(37-28)38-32(23-9-12-26(13-10-23)43-20-22-7-5-4-6-8-22)31(34(40)35(38)41)33(39)24-11-16-29-25(18-24)17-21(2)44-29/h4-16,18-19,21,32,39H,3,17,20H2,1-2H3/b33-31+/t21-,32+/m0/s1. The zero-order valence-electron chi connectivity index (χ0n) is 24.7. The van der Waals surface area contributed by atoms with Crippen LogP contribution in [0, 0.1) is 0 Å². The molecule has 1 saturated heterocycles. The molecule has 1 aromatic heterocycles. The van der Waals surface area contributed by atoms with E-state index in [9.17, 15) is 14.7 Å². The molecular formula is C36H30N2O6S. The van der Waals surface area contributed by atoms with Crippen LogP contribution in [-0.2, 0) is 22.6 Å². The molecule has 7 rings (SSSR count). The lowest BCUT2D eigenvalue weighted by Crippen LogP contribution is -2.29. The fourth-order valence-corrected chi connectivity index (χ4v) is 6.83. The number of fused-ring (bicyclic) bond motifs is 2. The van der Waals surface area contributed by atoms with Crippen molar-refractivity contribution in [1.82, 2.24) is 4.98 Å². The van der Waals surface area contributed by atoms with Crippen LogP contribution in [0.5, 0.6) is 17.2 Å². The van der Waals surface area contributed by atoms with E-state index in [-0.39, 0.29) is 17.4 Å². The average molecular weight is 619 g/mol. The highest BCUT2D eigenvalue weighted by Gasteiger charge is 2.48. The Kier molecular flexibility index (Phi) is 7.47. The Morgan fingerprint density at radius 2 is 1.76 bits per heavy atom. The third-order valence-electron chi connectivity index (χ3n) is 7.92. The topological polar surface area (TPSA) is 98.2 Å². The van der Waals surface area contributed by atoms with Crippen molar-refractivity contribution in [2.45, 2.75) is 39.0 Å². The van der Waals surface area contributed by atoms with Gasteiger partial charge in [-0.1, -0.05) is 53.8 Å². The van der Waals surface area contributed by atoms with Gasteiger partial charge in [0, 0.05) is 12.0 Å². The van der Waals surface area contributed by atoms with Gasteiger partial charge in [-0.3, -0.25) is 14.5 Å². The van der Waals surface area contributed by atoms with Crippen LogP contribution in [0.3, 0.4) is 0 Å². The molecule has 45 heavy (non-hydrogen) atoms. The largest absolute Gasteiger partial charge is 0.507 e. The van der Waals surface area contributed by atoms with E-state index in [1.54, 1.807) is 24.3 Å². The van der Waals surface area contributed by atoms with Crippen LogP contribution < -0.4 is 19.1 Å². The number of carbonyl (C=O) groups excluding carboxylic acids is 2. The predicted molar refractivity (Wildman–Crippen MR) is 173 cm³/mol. The molecule has 2 aliphatic heterocycles. The summed E-state index contributed by atoms with van der Waals surface area (Å²) in [5, 5.41) is 12.0. The maximum Gasteiger partial charge on any atom is 0.301 e. The molecule has 1 fully saturated rings. The monoisotopic (exact) mass is 618 g/mol. The Balaban J connectivity index is 1.30. The SMILES string of the molecule is CCOc1ccc2nc(N3C(=O)C(=O)/C(=C(/O)c4ccc5c(c4)C[C@H](C)O5)[C@H]3c3ccc(OCc4ccccc4)cc3)sc2c1. The number of aliphatic hydroxyl groups excluding tert-OH is 1. The van der Waals surface area contributed by atoms with Gasteiger partial charge in [-0.05, 0) is 79.1 Å². The number of Topliss-reactive ketones (excluding diaryl/α,β-unsaturated/α-hetero) is 1. The quantitative estimate of drug-likeness (QED) is 0.111. The second kappa shape index (κ2) is 11.7. The molecular weight excluding hydrogens is 588 g/mol. The van der Waals surface area contributed by atoms with Crippen molar-refractivity contribution in [1.29, 1.82) is 0 Å². The van der Waals surface area contributed by atoms with E-state index in [4.69, 9.17) is 19.2 Å². The number of benzene rings is 4. The summed E-state index contributed by atoms with van der Waals surface area (Å²) in [6, 6.07) is 27.0. The van der Waals surface area contributed by atoms with E-state index in [0.717, 1.165) is 21.6 Å². The van der Waals surface area contributed by atoms with Gasteiger partial charge in [-0.2, -0.15) is 0 Å². The summed E-state index contributed by atoms with van der Waals surface area (Å²) >= 11 is 1.29. The van der Waals surface area contributed by atoms with Crippen molar-refractivity contribution in [2.24, 2.45) is 0 Å². The van der Waals surface area contributed by atoms with Gasteiger partial charge in [0.1, 0.15) is 35.7 Å². The summed E-state index contributed by atoms with van der Waals surface area (Å²) in [6.07, 6.45) is 0.710. The number of anilines is 1. The zero-order valence-corrected chi connectivity index (χ0v) is 25.5. The first kappa shape index (κ1) is 28.6. The van der Waals surface area contributed by atoms with Crippen LogP contribution in [0.2, 0.25) is 0 Å². The number of ether oxygens (including phenoxy) is 3. The number of hydrogen-bond donors (Lipinski definition) is 1. The Morgan fingerprint density at radius 1 is 0.978 bits per heavy atom. The molecule has 0 radical (unpaired) electrons. The molecule has 2 aliphatic rings. The number of aliphatic hydroxyl groups is 1. The molecule has 1 amide bonds. The van der Waals surface area contributed by atoms with Crippen molar-refractivity contribution >= 4 is 44.1 Å². The highest BCUT2D eigenvalue weighted by atomic mass is 32.1. The smallest absolute Gasteiger partial charge is 0.301 e. The summed E-state index contributed by atoms with van der Waals surface area (Å²) < 4.78 is 18.3. The number of ketones is 1. The number of hydrogen-bond acceptors (Lipinski definition) is 8. The molecule has 5 aromatic rings. The Bertz CT molecular complexity index is 1950. The fraction of sp³-hybridized carbons (Fsp3) is 0.194. The van der Waals surface area contributed by atoms with Gasteiger partial charge < -0.3 is 19.3 Å². The average Bonchev–Trinajstić information content (AvgIpc) is 3.72. The fourth-order valence-electron chi connectivity index (χ4n) is 5.81. The molecule has 0 saturated carbocycles. The second-order valence-corrected chi connectivity index (χ2v) is 12.0. The lowest BCUT2D eigenvalue weighted by Gasteiger charge is -2.23. The van der Waals surface area contributed by atoms with Crippen LogP contribution in [0.1, 0.15) is 42.1 Å². The minimum atomic E-state index is -0.913. The van der Waals surface area contributed by atoms with Crippen molar-refractivity contribution in [3.05, 3.63) is 119 Å². The minimum Gasteiger partial charge on any atom is -0.507 e. The van der Waals surface area contributed by atoms with Gasteiger partial charge in [0.25, 0.3) is 5.78 Å². The van der Waals surface area contributed by atoms with Crippen molar-refractivity contribution in [3.8, 4) is 17.2 Å². The summed E-state index contributed by atoms with van der Waals surface area (Å²) in [7, 11) is 0. The molecule has 0 aliphatic carbocycles. The summed E-state index contributed by atoms with van der Waals surface area (Å²) in [5.74, 6) is 0.306. The van der Waals surface area contributed by atoms with Crippen LogP contribution in [0.4, 0.5) is 5.13 Å². The summed E-state index contributed by atoms with van der Waals surface area (Å²) in [5.41, 5.74) is 3.73. The molecule has 0 bridgehead atoms. The molecule has 3 heterocycles. The molecule has 9 heteroatoms. The Labute approximate surface area is 264 Å².